The SMILES string of the molecule is CS.Cc1nn(C)c(C)c1/C=C/c1cccc2nc(C(C)NC(=O)c3c(N)nn4cccnc34)n(-c3ccccc3)c(=O)c12. The monoisotopic (exact) mass is 607 g/mol. The Bertz CT molecular complexity index is 2080. The Hall–Kier alpha value is -5.23. The minimum Gasteiger partial charge on any atom is -0.381 e. The van der Waals surface area contributed by atoms with Gasteiger partial charge < -0.3 is 11.1 Å². The smallest absolute Gasteiger partial charge is 0.266 e. The lowest BCUT2D eigenvalue weighted by molar-refractivity contribution is 0.0940. The van der Waals surface area contributed by atoms with Crippen molar-refractivity contribution in [2.75, 3.05) is 12.0 Å². The highest BCUT2D eigenvalue weighted by atomic mass is 32.1. The van der Waals surface area contributed by atoms with Crippen molar-refractivity contribution in [1.82, 2.24) is 39.2 Å². The van der Waals surface area contributed by atoms with Gasteiger partial charge in [0.25, 0.3) is 11.5 Å². The summed E-state index contributed by atoms with van der Waals surface area (Å²) < 4.78 is 4.83. The highest BCUT2D eigenvalue weighted by Crippen LogP contribution is 2.24. The zero-order valence-electron chi connectivity index (χ0n) is 25.1. The lowest BCUT2D eigenvalue weighted by Crippen LogP contribution is -2.33. The fourth-order valence-electron chi connectivity index (χ4n) is 5.19. The molecule has 4 aromatic heterocycles. The predicted octanol–water partition coefficient (Wildman–Crippen LogP) is 4.57. The van der Waals surface area contributed by atoms with E-state index in [2.05, 4.69) is 33.1 Å². The third-order valence-electron chi connectivity index (χ3n) is 7.35. The minimum atomic E-state index is -0.673. The van der Waals surface area contributed by atoms with Crippen LogP contribution in [0, 0.1) is 13.8 Å². The van der Waals surface area contributed by atoms with Gasteiger partial charge in [0.15, 0.2) is 11.5 Å². The fraction of sp³-hybridized carbons (Fsp3) is 0.188. The molecule has 0 saturated carbocycles. The molecule has 0 aliphatic heterocycles. The molecular weight excluding hydrogens is 574 g/mol. The number of amides is 1. The number of anilines is 1. The van der Waals surface area contributed by atoms with Crippen molar-refractivity contribution < 1.29 is 4.79 Å². The molecule has 44 heavy (non-hydrogen) atoms. The van der Waals surface area contributed by atoms with Crippen molar-refractivity contribution in [3.8, 4) is 5.69 Å². The van der Waals surface area contributed by atoms with Gasteiger partial charge >= 0.3 is 0 Å². The summed E-state index contributed by atoms with van der Waals surface area (Å²) in [5.41, 5.74) is 11.1. The number of nitrogens with zero attached hydrogens (tertiary/aromatic N) is 7. The molecule has 4 heterocycles. The van der Waals surface area contributed by atoms with Crippen LogP contribution in [0.2, 0.25) is 0 Å². The summed E-state index contributed by atoms with van der Waals surface area (Å²) in [5.74, 6) is -0.0440. The molecule has 2 aromatic carbocycles. The molecule has 0 fully saturated rings. The molecule has 12 heteroatoms. The van der Waals surface area contributed by atoms with E-state index in [1.807, 2.05) is 80.2 Å². The number of hydrogen-bond acceptors (Lipinski definition) is 8. The number of aromatic nitrogens is 7. The van der Waals surface area contributed by atoms with E-state index >= 15 is 0 Å². The number of para-hydroxylation sites is 1. The summed E-state index contributed by atoms with van der Waals surface area (Å²) in [7, 11) is 1.90. The molecule has 0 bridgehead atoms. The lowest BCUT2D eigenvalue weighted by atomic mass is 10.1. The molecule has 0 radical (unpaired) electrons. The molecule has 3 N–H and O–H groups in total. The Kier molecular flexibility index (Phi) is 8.63. The Morgan fingerprint density at radius 2 is 1.77 bits per heavy atom. The first-order valence-electron chi connectivity index (χ1n) is 13.9. The lowest BCUT2D eigenvalue weighted by Gasteiger charge is -2.20. The van der Waals surface area contributed by atoms with Crippen LogP contribution >= 0.6 is 12.6 Å². The maximum atomic E-state index is 14.3. The van der Waals surface area contributed by atoms with Gasteiger partial charge in [0, 0.05) is 30.7 Å². The number of aryl methyl sites for hydroxylation is 2. The van der Waals surface area contributed by atoms with E-state index in [4.69, 9.17) is 10.7 Å². The quantitative estimate of drug-likeness (QED) is 0.236. The number of nitrogens with two attached hydrogens (primary N) is 1. The summed E-state index contributed by atoms with van der Waals surface area (Å²) in [6.45, 7) is 5.74. The number of fused-ring (bicyclic) bond motifs is 2. The van der Waals surface area contributed by atoms with Crippen molar-refractivity contribution in [3.05, 3.63) is 111 Å². The Labute approximate surface area is 259 Å². The summed E-state index contributed by atoms with van der Waals surface area (Å²) in [6, 6.07) is 15.8. The van der Waals surface area contributed by atoms with Gasteiger partial charge in [0.05, 0.1) is 28.3 Å². The number of thiol groups is 1. The maximum Gasteiger partial charge on any atom is 0.266 e. The molecule has 0 aliphatic rings. The van der Waals surface area contributed by atoms with Crippen molar-refractivity contribution in [2.45, 2.75) is 26.8 Å². The highest BCUT2D eigenvalue weighted by molar-refractivity contribution is 7.79. The second-order valence-electron chi connectivity index (χ2n) is 10.1. The van der Waals surface area contributed by atoms with Crippen LogP contribution in [0.25, 0.3) is 34.4 Å². The van der Waals surface area contributed by atoms with Crippen LogP contribution in [0.5, 0.6) is 0 Å². The van der Waals surface area contributed by atoms with Crippen molar-refractivity contribution >= 4 is 53.1 Å². The Balaban J connectivity index is 0.00000188. The van der Waals surface area contributed by atoms with E-state index in [1.54, 1.807) is 42.3 Å². The van der Waals surface area contributed by atoms with E-state index in [9.17, 15) is 9.59 Å². The first-order valence-corrected chi connectivity index (χ1v) is 14.8. The van der Waals surface area contributed by atoms with Gasteiger partial charge in [-0.3, -0.25) is 18.8 Å². The van der Waals surface area contributed by atoms with E-state index in [-0.39, 0.29) is 16.9 Å². The summed E-state index contributed by atoms with van der Waals surface area (Å²) in [6.07, 6.45) is 8.82. The van der Waals surface area contributed by atoms with E-state index < -0.39 is 11.9 Å². The van der Waals surface area contributed by atoms with Crippen LogP contribution < -0.4 is 16.6 Å². The molecule has 11 nitrogen and oxygen atoms in total. The topological polar surface area (TPSA) is 138 Å². The number of nitrogens with one attached hydrogen (secondary N) is 1. The second kappa shape index (κ2) is 12.6. The van der Waals surface area contributed by atoms with Crippen LogP contribution in [-0.2, 0) is 7.05 Å². The van der Waals surface area contributed by atoms with Gasteiger partial charge in [-0.15, -0.1) is 5.10 Å². The first-order chi connectivity index (χ1) is 21.2. The van der Waals surface area contributed by atoms with Gasteiger partial charge in [-0.05, 0) is 56.9 Å². The number of nitrogen functional groups attached to an aromatic ring is 1. The Morgan fingerprint density at radius 3 is 2.48 bits per heavy atom. The third kappa shape index (κ3) is 5.47. The van der Waals surface area contributed by atoms with Gasteiger partial charge in [-0.25, -0.2) is 14.5 Å². The van der Waals surface area contributed by atoms with Crippen LogP contribution in [0.3, 0.4) is 0 Å². The first kappa shape index (κ1) is 30.2. The molecule has 0 spiro atoms. The van der Waals surface area contributed by atoms with Crippen LogP contribution in [0.15, 0.2) is 71.8 Å². The van der Waals surface area contributed by atoms with E-state index in [1.165, 1.54) is 4.52 Å². The van der Waals surface area contributed by atoms with Gasteiger partial charge in [0.1, 0.15) is 11.4 Å². The van der Waals surface area contributed by atoms with Crippen LogP contribution in [-0.4, -0.2) is 46.1 Å². The molecule has 1 amide bonds. The van der Waals surface area contributed by atoms with E-state index in [0.29, 0.717) is 28.1 Å². The third-order valence-corrected chi connectivity index (χ3v) is 7.35. The highest BCUT2D eigenvalue weighted by Gasteiger charge is 2.24. The zero-order valence-corrected chi connectivity index (χ0v) is 25.9. The average Bonchev–Trinajstić information content (AvgIpc) is 3.49. The summed E-state index contributed by atoms with van der Waals surface area (Å²) >= 11 is 3.53. The molecule has 6 rings (SSSR count). The fourth-order valence-corrected chi connectivity index (χ4v) is 5.19. The van der Waals surface area contributed by atoms with Crippen molar-refractivity contribution in [1.29, 1.82) is 0 Å². The van der Waals surface area contributed by atoms with Gasteiger partial charge in [-0.1, -0.05) is 42.5 Å². The summed E-state index contributed by atoms with van der Waals surface area (Å²) in [5, 5.41) is 12.1. The van der Waals surface area contributed by atoms with Crippen LogP contribution in [0.4, 0.5) is 5.82 Å². The normalized spacial score (nSPS) is 12.0. The predicted molar refractivity (Wildman–Crippen MR) is 177 cm³/mol. The average molecular weight is 608 g/mol. The van der Waals surface area contributed by atoms with Crippen LogP contribution in [0.1, 0.15) is 51.7 Å². The number of hydrogen-bond donors (Lipinski definition) is 3. The van der Waals surface area contributed by atoms with Crippen molar-refractivity contribution in [3.63, 3.8) is 0 Å². The van der Waals surface area contributed by atoms with E-state index in [0.717, 1.165) is 22.5 Å². The number of carbonyl (C=O) groups is 1. The zero-order chi connectivity index (χ0) is 31.5. The molecule has 6 aromatic rings. The second-order valence-corrected chi connectivity index (χ2v) is 10.1. The standard InChI is InChI=1S/C31H29N9O2.CH4S/c1-18-23(20(3)38(4)36-18)15-14-21-10-8-13-24-25(21)31(42)40(22-11-6-5-7-12-22)28(35-24)19(2)34-30(41)26-27(32)37-39-17-9-16-33-29(26)39;1-2/h5-17,19H,1-4H3,(H2,32,37)(H,34,41);2H,1H3/b15-14+;. The minimum absolute atomic E-state index is 0.0563. The number of benzene rings is 2. The van der Waals surface area contributed by atoms with Crippen molar-refractivity contribution in [2.24, 2.45) is 7.05 Å². The number of carbonyl (C=O) groups excluding carboxylic acids is 1. The summed E-state index contributed by atoms with van der Waals surface area (Å²) in [4.78, 5) is 36.9. The molecule has 0 saturated heterocycles. The van der Waals surface area contributed by atoms with Gasteiger partial charge in [0.2, 0.25) is 0 Å². The molecule has 0 aliphatic carbocycles. The molecular formula is C32H33N9O2S. The molecule has 224 valence electrons. The van der Waals surface area contributed by atoms with Gasteiger partial charge in [-0.2, -0.15) is 17.7 Å². The maximum absolute atomic E-state index is 14.3. The molecule has 1 atom stereocenters. The largest absolute Gasteiger partial charge is 0.381 e. The molecule has 1 unspecified atom stereocenters. The number of rotatable bonds is 6. The Morgan fingerprint density at radius 1 is 1.02 bits per heavy atom.